The van der Waals surface area contributed by atoms with Gasteiger partial charge < -0.3 is 14.4 Å². The molecule has 184 valence electrons. The standard InChI is InChI=1S/C28H27N3O5/c1-3-36-28(34)20-13-15-21(16-14-20)31-25(18-9-11-19(12-10-18)27(33)35-2)22-23(17-7-5-4-6-8-17)29-30-24(22)26(31)32/h4-16,22-25,29-30H,3H2,1-2H3. The molecule has 0 aliphatic carbocycles. The lowest BCUT2D eigenvalue weighted by Crippen LogP contribution is -2.41. The predicted molar refractivity (Wildman–Crippen MR) is 133 cm³/mol. The summed E-state index contributed by atoms with van der Waals surface area (Å²) in [4.78, 5) is 39.7. The molecular formula is C28H27N3O5. The second kappa shape index (κ2) is 9.93. The lowest BCUT2D eigenvalue weighted by atomic mass is 9.83. The molecule has 0 spiro atoms. The fourth-order valence-corrected chi connectivity index (χ4v) is 5.15. The molecule has 2 fully saturated rings. The molecule has 8 nitrogen and oxygen atoms in total. The van der Waals surface area contributed by atoms with Gasteiger partial charge in [0.25, 0.3) is 0 Å². The van der Waals surface area contributed by atoms with Gasteiger partial charge in [-0.3, -0.25) is 4.79 Å². The van der Waals surface area contributed by atoms with Crippen LogP contribution in [0.1, 0.15) is 50.9 Å². The summed E-state index contributed by atoms with van der Waals surface area (Å²) in [6.45, 7) is 2.05. The van der Waals surface area contributed by atoms with E-state index in [2.05, 4.69) is 10.9 Å². The van der Waals surface area contributed by atoms with Gasteiger partial charge in [-0.1, -0.05) is 42.5 Å². The van der Waals surface area contributed by atoms with E-state index >= 15 is 0 Å². The van der Waals surface area contributed by atoms with Crippen molar-refractivity contribution in [1.82, 2.24) is 10.9 Å². The molecule has 2 N–H and O–H groups in total. The Kier molecular flexibility index (Phi) is 6.54. The van der Waals surface area contributed by atoms with Crippen molar-refractivity contribution in [3.63, 3.8) is 0 Å². The Morgan fingerprint density at radius 3 is 2.06 bits per heavy atom. The summed E-state index contributed by atoms with van der Waals surface area (Å²) < 4.78 is 9.93. The van der Waals surface area contributed by atoms with Gasteiger partial charge in [0.2, 0.25) is 5.91 Å². The lowest BCUT2D eigenvalue weighted by Gasteiger charge is -2.31. The molecule has 0 radical (unpaired) electrons. The minimum absolute atomic E-state index is 0.0724. The zero-order valence-corrected chi connectivity index (χ0v) is 20.0. The number of amides is 1. The molecule has 5 rings (SSSR count). The predicted octanol–water partition coefficient (Wildman–Crippen LogP) is 3.57. The molecule has 1 amide bonds. The minimum atomic E-state index is -0.453. The molecule has 4 atom stereocenters. The monoisotopic (exact) mass is 485 g/mol. The first-order valence-electron chi connectivity index (χ1n) is 11.9. The van der Waals surface area contributed by atoms with E-state index in [9.17, 15) is 14.4 Å². The minimum Gasteiger partial charge on any atom is -0.465 e. The van der Waals surface area contributed by atoms with Crippen LogP contribution in [-0.4, -0.2) is 37.6 Å². The van der Waals surface area contributed by atoms with Crippen molar-refractivity contribution in [3.05, 3.63) is 101 Å². The Balaban J connectivity index is 1.56. The first-order chi connectivity index (χ1) is 17.5. The van der Waals surface area contributed by atoms with Crippen molar-refractivity contribution in [2.45, 2.75) is 25.0 Å². The number of nitrogens with zero attached hydrogens (tertiary/aromatic N) is 1. The van der Waals surface area contributed by atoms with Crippen LogP contribution < -0.4 is 15.8 Å². The van der Waals surface area contributed by atoms with Crippen LogP contribution in [0.5, 0.6) is 0 Å². The van der Waals surface area contributed by atoms with Gasteiger partial charge in [0, 0.05) is 11.6 Å². The lowest BCUT2D eigenvalue weighted by molar-refractivity contribution is -0.119. The van der Waals surface area contributed by atoms with Crippen molar-refractivity contribution in [3.8, 4) is 0 Å². The van der Waals surface area contributed by atoms with E-state index in [4.69, 9.17) is 9.47 Å². The molecule has 0 saturated carbocycles. The van der Waals surface area contributed by atoms with Crippen molar-refractivity contribution in [2.24, 2.45) is 5.92 Å². The Labute approximate surface area is 209 Å². The number of rotatable bonds is 6. The van der Waals surface area contributed by atoms with E-state index in [-0.39, 0.29) is 30.5 Å². The summed E-state index contributed by atoms with van der Waals surface area (Å²) in [5.41, 5.74) is 10.0. The Morgan fingerprint density at radius 2 is 1.42 bits per heavy atom. The number of carbonyl (C=O) groups excluding carboxylic acids is 3. The van der Waals surface area contributed by atoms with Gasteiger partial charge in [0.05, 0.1) is 36.9 Å². The quantitative estimate of drug-likeness (QED) is 0.515. The highest BCUT2D eigenvalue weighted by Crippen LogP contribution is 2.48. The number of carbonyl (C=O) groups is 3. The largest absolute Gasteiger partial charge is 0.465 e. The molecule has 3 aromatic rings. The smallest absolute Gasteiger partial charge is 0.338 e. The van der Waals surface area contributed by atoms with E-state index < -0.39 is 18.0 Å². The summed E-state index contributed by atoms with van der Waals surface area (Å²) in [5.74, 6) is -1.02. The molecule has 4 unspecified atom stereocenters. The van der Waals surface area contributed by atoms with Crippen LogP contribution in [0.25, 0.3) is 0 Å². The molecule has 0 aromatic heterocycles. The number of nitrogens with one attached hydrogen (secondary N) is 2. The van der Waals surface area contributed by atoms with Gasteiger partial charge in [0.15, 0.2) is 0 Å². The fraction of sp³-hybridized carbons (Fsp3) is 0.250. The topological polar surface area (TPSA) is 97.0 Å². The number of esters is 2. The van der Waals surface area contributed by atoms with Gasteiger partial charge in [-0.15, -0.1) is 0 Å². The van der Waals surface area contributed by atoms with Crippen LogP contribution in [0.4, 0.5) is 5.69 Å². The van der Waals surface area contributed by atoms with E-state index in [0.717, 1.165) is 11.1 Å². The molecule has 0 bridgehead atoms. The molecular weight excluding hydrogens is 458 g/mol. The molecule has 2 aliphatic rings. The van der Waals surface area contributed by atoms with Crippen molar-refractivity contribution in [1.29, 1.82) is 0 Å². The summed E-state index contributed by atoms with van der Waals surface area (Å²) in [5, 5.41) is 0. The molecule has 2 heterocycles. The van der Waals surface area contributed by atoms with Gasteiger partial charge in [-0.2, -0.15) is 0 Å². The average Bonchev–Trinajstić information content (AvgIpc) is 3.48. The third kappa shape index (κ3) is 4.14. The van der Waals surface area contributed by atoms with Crippen LogP contribution in [0.3, 0.4) is 0 Å². The second-order valence-electron chi connectivity index (χ2n) is 8.77. The Bertz CT molecular complexity index is 1260. The third-order valence-corrected chi connectivity index (χ3v) is 6.80. The van der Waals surface area contributed by atoms with Crippen molar-refractivity contribution in [2.75, 3.05) is 18.6 Å². The number of hydrogen-bond donors (Lipinski definition) is 2. The van der Waals surface area contributed by atoms with Gasteiger partial charge in [0.1, 0.15) is 6.04 Å². The summed E-state index contributed by atoms with van der Waals surface area (Å²) in [6.07, 6.45) is 0. The van der Waals surface area contributed by atoms with Crippen LogP contribution in [0.15, 0.2) is 78.9 Å². The highest BCUT2D eigenvalue weighted by Gasteiger charge is 2.56. The maximum Gasteiger partial charge on any atom is 0.338 e. The first-order valence-corrected chi connectivity index (χ1v) is 11.9. The number of benzene rings is 3. The summed E-state index contributed by atoms with van der Waals surface area (Å²) in [6, 6.07) is 23.2. The Morgan fingerprint density at radius 1 is 0.806 bits per heavy atom. The van der Waals surface area contributed by atoms with E-state index in [1.165, 1.54) is 7.11 Å². The molecule has 36 heavy (non-hydrogen) atoms. The van der Waals surface area contributed by atoms with Gasteiger partial charge >= 0.3 is 11.9 Å². The third-order valence-electron chi connectivity index (χ3n) is 6.80. The highest BCUT2D eigenvalue weighted by atomic mass is 16.5. The second-order valence-corrected chi connectivity index (χ2v) is 8.77. The number of fused-ring (bicyclic) bond motifs is 1. The highest BCUT2D eigenvalue weighted by molar-refractivity contribution is 6.02. The number of anilines is 1. The molecule has 2 aliphatic heterocycles. The maximum atomic E-state index is 13.7. The maximum absolute atomic E-state index is 13.7. The van der Waals surface area contributed by atoms with Crippen molar-refractivity contribution < 1.29 is 23.9 Å². The van der Waals surface area contributed by atoms with Gasteiger partial charge in [-0.25, -0.2) is 20.4 Å². The van der Waals surface area contributed by atoms with E-state index in [1.54, 1.807) is 48.2 Å². The Hall–Kier alpha value is -4.01. The number of hydrazine groups is 1. The summed E-state index contributed by atoms with van der Waals surface area (Å²) >= 11 is 0. The zero-order chi connectivity index (χ0) is 25.2. The number of ether oxygens (including phenoxy) is 2. The van der Waals surface area contributed by atoms with Crippen LogP contribution >= 0.6 is 0 Å². The molecule has 8 heteroatoms. The summed E-state index contributed by atoms with van der Waals surface area (Å²) in [7, 11) is 1.35. The molecule has 3 aromatic carbocycles. The van der Waals surface area contributed by atoms with Crippen LogP contribution in [0, 0.1) is 5.92 Å². The average molecular weight is 486 g/mol. The van der Waals surface area contributed by atoms with Gasteiger partial charge in [-0.05, 0) is 54.4 Å². The van der Waals surface area contributed by atoms with E-state index in [0.29, 0.717) is 16.8 Å². The number of methoxy groups -OCH3 is 1. The van der Waals surface area contributed by atoms with Crippen molar-refractivity contribution >= 4 is 23.5 Å². The zero-order valence-electron chi connectivity index (χ0n) is 20.0. The normalized spacial score (nSPS) is 22.8. The first kappa shape index (κ1) is 23.7. The number of hydrogen-bond acceptors (Lipinski definition) is 7. The van der Waals surface area contributed by atoms with E-state index in [1.807, 2.05) is 42.5 Å². The van der Waals surface area contributed by atoms with Crippen LogP contribution in [-0.2, 0) is 14.3 Å². The SMILES string of the molecule is CCOC(=O)c1ccc(N2C(=O)C3NNC(c4ccccc4)C3C2c2ccc(C(=O)OC)cc2)cc1. The fourth-order valence-electron chi connectivity index (χ4n) is 5.15. The van der Waals surface area contributed by atoms with Crippen LogP contribution in [0.2, 0.25) is 0 Å². The molecule has 2 saturated heterocycles.